The summed E-state index contributed by atoms with van der Waals surface area (Å²) in [5.74, 6) is -0.726. The van der Waals surface area contributed by atoms with Gasteiger partial charge in [0.25, 0.3) is 5.91 Å². The zero-order chi connectivity index (χ0) is 27.8. The number of nitrogens with one attached hydrogen (secondary N) is 2. The third kappa shape index (κ3) is 11.5. The topological polar surface area (TPSA) is 106 Å². The molecule has 10 heteroatoms. The number of benzene rings is 2. The summed E-state index contributed by atoms with van der Waals surface area (Å²) < 4.78 is 11.1. The third-order valence-corrected chi connectivity index (χ3v) is 6.03. The lowest BCUT2D eigenvalue weighted by atomic mass is 10.1. The fourth-order valence-corrected chi connectivity index (χ4v) is 3.98. The summed E-state index contributed by atoms with van der Waals surface area (Å²) in [7, 11) is 0. The molecule has 0 aliphatic rings. The normalized spacial score (nSPS) is 10.8. The van der Waals surface area contributed by atoms with Gasteiger partial charge in [-0.05, 0) is 55.3 Å². The van der Waals surface area contributed by atoms with Crippen LogP contribution in [0, 0.1) is 0 Å². The minimum atomic E-state index is -0.657. The number of amides is 2. The number of carbonyl (C=O) groups is 3. The number of carbonyl (C=O) groups excluding carboxylic acids is 3. The van der Waals surface area contributed by atoms with Gasteiger partial charge in [-0.2, -0.15) is 5.10 Å². The van der Waals surface area contributed by atoms with Gasteiger partial charge in [-0.15, -0.1) is 0 Å². The Morgan fingerprint density at radius 2 is 1.63 bits per heavy atom. The van der Waals surface area contributed by atoms with Crippen LogP contribution >= 0.6 is 23.2 Å². The maximum atomic E-state index is 12.6. The number of rotatable bonds is 16. The Balaban J connectivity index is 1.81. The Kier molecular flexibility index (Phi) is 14.3. The number of hydrazone groups is 1. The molecule has 0 heterocycles. The van der Waals surface area contributed by atoms with Crippen LogP contribution in [0.2, 0.25) is 10.0 Å². The second-order valence-electron chi connectivity index (χ2n) is 8.59. The van der Waals surface area contributed by atoms with Gasteiger partial charge in [0.2, 0.25) is 5.91 Å². The van der Waals surface area contributed by atoms with Crippen LogP contribution in [0.25, 0.3) is 0 Å². The molecule has 2 N–H and O–H groups in total. The number of hydrogen-bond donors (Lipinski definition) is 2. The summed E-state index contributed by atoms with van der Waals surface area (Å²) in [6, 6.07) is 9.31. The molecule has 206 valence electrons. The van der Waals surface area contributed by atoms with Crippen molar-refractivity contribution in [3.8, 4) is 11.5 Å². The predicted octanol–water partition coefficient (Wildman–Crippen LogP) is 6.32. The number of ether oxygens (including phenoxy) is 2. The highest BCUT2D eigenvalue weighted by Crippen LogP contribution is 2.30. The van der Waals surface area contributed by atoms with E-state index in [4.69, 9.17) is 32.7 Å². The molecule has 0 spiro atoms. The molecule has 0 atom stereocenters. The largest absolute Gasteiger partial charge is 0.490 e. The lowest BCUT2D eigenvalue weighted by molar-refractivity contribution is -0.126. The Bertz CT molecular complexity index is 1110. The summed E-state index contributed by atoms with van der Waals surface area (Å²) in [5, 5.41) is 7.11. The van der Waals surface area contributed by atoms with Crippen LogP contribution in [-0.2, 0) is 9.59 Å². The first-order chi connectivity index (χ1) is 18.3. The maximum Gasteiger partial charge on any atom is 0.345 e. The standard InChI is InChI=1S/C28H35Cl2N3O5/c1-3-5-6-7-8-9-10-11-26(34)31-19-27(35)33-32-18-20-12-15-24(25(16-20)37-4-2)38-28(36)22-14-13-21(29)17-23(22)30/h12-18H,3-11,19H2,1-2H3,(H,31,34)(H,33,35)/b32-18+. The van der Waals surface area contributed by atoms with Crippen LogP contribution in [0.3, 0.4) is 0 Å². The van der Waals surface area contributed by atoms with E-state index in [0.717, 1.165) is 19.3 Å². The zero-order valence-corrected chi connectivity index (χ0v) is 23.4. The second-order valence-corrected chi connectivity index (χ2v) is 9.44. The molecule has 0 radical (unpaired) electrons. The summed E-state index contributed by atoms with van der Waals surface area (Å²) in [5.41, 5.74) is 3.14. The van der Waals surface area contributed by atoms with Gasteiger partial charge in [0.15, 0.2) is 11.5 Å². The van der Waals surface area contributed by atoms with E-state index in [0.29, 0.717) is 29.4 Å². The van der Waals surface area contributed by atoms with Gasteiger partial charge in [0.05, 0.1) is 30.0 Å². The van der Waals surface area contributed by atoms with Gasteiger partial charge in [-0.1, -0.05) is 68.7 Å². The predicted molar refractivity (Wildman–Crippen MR) is 150 cm³/mol. The smallest absolute Gasteiger partial charge is 0.345 e. The van der Waals surface area contributed by atoms with Crippen molar-refractivity contribution in [2.24, 2.45) is 5.10 Å². The average molecular weight is 565 g/mol. The second kappa shape index (κ2) is 17.4. The van der Waals surface area contributed by atoms with Crippen molar-refractivity contribution >= 4 is 47.2 Å². The summed E-state index contributed by atoms with van der Waals surface area (Å²) in [6.45, 7) is 4.16. The van der Waals surface area contributed by atoms with Gasteiger partial charge >= 0.3 is 5.97 Å². The van der Waals surface area contributed by atoms with E-state index in [1.165, 1.54) is 44.0 Å². The molecule has 0 aromatic heterocycles. The first kappa shape index (κ1) is 31.1. The van der Waals surface area contributed by atoms with Gasteiger partial charge in [-0.3, -0.25) is 9.59 Å². The lowest BCUT2D eigenvalue weighted by Crippen LogP contribution is -2.34. The number of halogens is 2. The van der Waals surface area contributed by atoms with Crippen LogP contribution in [-0.4, -0.2) is 37.1 Å². The van der Waals surface area contributed by atoms with Crippen LogP contribution < -0.4 is 20.2 Å². The van der Waals surface area contributed by atoms with E-state index < -0.39 is 11.9 Å². The van der Waals surface area contributed by atoms with E-state index in [1.54, 1.807) is 31.2 Å². The third-order valence-electron chi connectivity index (χ3n) is 5.48. The van der Waals surface area contributed by atoms with Gasteiger partial charge in [-0.25, -0.2) is 10.2 Å². The maximum absolute atomic E-state index is 12.6. The molecule has 2 aromatic carbocycles. The highest BCUT2D eigenvalue weighted by atomic mass is 35.5. The minimum absolute atomic E-state index is 0.149. The molecule has 0 saturated carbocycles. The molecule has 0 aliphatic heterocycles. The summed E-state index contributed by atoms with van der Waals surface area (Å²) in [6.07, 6.45) is 9.72. The van der Waals surface area contributed by atoms with Crippen molar-refractivity contribution in [2.45, 2.75) is 65.2 Å². The zero-order valence-electron chi connectivity index (χ0n) is 21.9. The molecule has 2 aromatic rings. The van der Waals surface area contributed by atoms with Crippen molar-refractivity contribution in [3.63, 3.8) is 0 Å². The Morgan fingerprint density at radius 3 is 2.34 bits per heavy atom. The molecule has 0 bridgehead atoms. The van der Waals surface area contributed by atoms with Crippen molar-refractivity contribution in [1.29, 1.82) is 0 Å². The quantitative estimate of drug-likeness (QED) is 0.0816. The first-order valence-corrected chi connectivity index (χ1v) is 13.6. The van der Waals surface area contributed by atoms with Crippen molar-refractivity contribution in [1.82, 2.24) is 10.7 Å². The molecular weight excluding hydrogens is 529 g/mol. The number of hydrogen-bond acceptors (Lipinski definition) is 6. The molecule has 2 amide bonds. The van der Waals surface area contributed by atoms with Crippen molar-refractivity contribution in [3.05, 3.63) is 57.6 Å². The molecule has 2 rings (SSSR count). The van der Waals surface area contributed by atoms with E-state index in [1.807, 2.05) is 0 Å². The monoisotopic (exact) mass is 563 g/mol. The van der Waals surface area contributed by atoms with E-state index in [2.05, 4.69) is 22.8 Å². The number of nitrogens with zero attached hydrogens (tertiary/aromatic N) is 1. The first-order valence-electron chi connectivity index (χ1n) is 12.9. The van der Waals surface area contributed by atoms with Crippen LogP contribution in [0.1, 0.15) is 81.1 Å². The SMILES string of the molecule is CCCCCCCCCC(=O)NCC(=O)N/N=C/c1ccc(OC(=O)c2ccc(Cl)cc2Cl)c(OCC)c1. The molecule has 0 fully saturated rings. The molecule has 8 nitrogen and oxygen atoms in total. The Morgan fingerprint density at radius 1 is 0.895 bits per heavy atom. The van der Waals surface area contributed by atoms with E-state index >= 15 is 0 Å². The van der Waals surface area contributed by atoms with Crippen LogP contribution in [0.15, 0.2) is 41.5 Å². The van der Waals surface area contributed by atoms with Crippen molar-refractivity contribution < 1.29 is 23.9 Å². The minimum Gasteiger partial charge on any atom is -0.490 e. The van der Waals surface area contributed by atoms with Gasteiger partial charge < -0.3 is 14.8 Å². The van der Waals surface area contributed by atoms with Crippen LogP contribution in [0.4, 0.5) is 0 Å². The highest BCUT2D eigenvalue weighted by molar-refractivity contribution is 6.36. The highest BCUT2D eigenvalue weighted by Gasteiger charge is 2.16. The molecule has 0 saturated heterocycles. The van der Waals surface area contributed by atoms with E-state index in [9.17, 15) is 14.4 Å². The summed E-state index contributed by atoms with van der Waals surface area (Å²) in [4.78, 5) is 36.5. The Hall–Kier alpha value is -3.10. The molecule has 0 aliphatic carbocycles. The fourth-order valence-electron chi connectivity index (χ4n) is 3.50. The van der Waals surface area contributed by atoms with Crippen LogP contribution in [0.5, 0.6) is 11.5 Å². The molecule has 38 heavy (non-hydrogen) atoms. The Labute approximate surface area is 234 Å². The lowest BCUT2D eigenvalue weighted by Gasteiger charge is -2.12. The summed E-state index contributed by atoms with van der Waals surface area (Å²) >= 11 is 12.0. The number of esters is 1. The average Bonchev–Trinajstić information content (AvgIpc) is 2.88. The fraction of sp³-hybridized carbons (Fsp3) is 0.429. The van der Waals surface area contributed by atoms with Gasteiger partial charge in [0.1, 0.15) is 0 Å². The van der Waals surface area contributed by atoms with E-state index in [-0.39, 0.29) is 28.8 Å². The van der Waals surface area contributed by atoms with Crippen molar-refractivity contribution in [2.75, 3.05) is 13.2 Å². The molecular formula is C28H35Cl2N3O5. The molecule has 0 unspecified atom stereocenters. The van der Waals surface area contributed by atoms with Gasteiger partial charge in [0, 0.05) is 11.4 Å². The number of unbranched alkanes of at least 4 members (excludes halogenated alkanes) is 6.